The van der Waals surface area contributed by atoms with Gasteiger partial charge in [-0.25, -0.2) is 49.5 Å². The third-order valence-electron chi connectivity index (χ3n) is 12.4. The molecule has 3 aromatic heterocycles. The number of nitrogens with zero attached hydrogens (tertiary/aromatic N) is 4. The average Bonchev–Trinajstić information content (AvgIpc) is 4.14. The van der Waals surface area contributed by atoms with Crippen LogP contribution in [0.5, 0.6) is 0 Å². The zero-order valence-corrected chi connectivity index (χ0v) is 38.3. The molecule has 4 aromatic carbocycles. The minimum absolute atomic E-state index is 0.0323. The fourth-order valence-electron chi connectivity index (χ4n) is 9.13. The van der Waals surface area contributed by atoms with Crippen LogP contribution in [0, 0.1) is 73.1 Å². The lowest BCUT2D eigenvalue weighted by Crippen LogP contribution is -2.35. The molecule has 7 aromatic rings. The summed E-state index contributed by atoms with van der Waals surface area (Å²) in [5, 5.41) is 0. The first-order chi connectivity index (χ1) is 32.0. The van der Waals surface area contributed by atoms with Crippen LogP contribution < -0.4 is 8.97 Å². The molecule has 68 heavy (non-hydrogen) atoms. The number of rotatable bonds is 6. The van der Waals surface area contributed by atoms with Gasteiger partial charge in [0.1, 0.15) is 17.2 Å². The number of H-pyrrole nitrogens is 2. The van der Waals surface area contributed by atoms with E-state index < -0.39 is 74.6 Å². The number of benzene rings is 4. The SMILES string of the molecule is Cc1cccc([N+](C)(C)C)c1-c1c2nc(c(-c3c(F)c(F)c(F)c(F)c3F)c3ccc([nH]3)c(-c3c(C)cccc3[N+](C)(C)C)c3nc(c(-c4c(F)c(C)c(F)c(F)c4F)c4ccc1[nH]4)C=C3)C=C2. The average molecular weight is 935 g/mol. The third-order valence-corrected chi connectivity index (χ3v) is 12.4. The summed E-state index contributed by atoms with van der Waals surface area (Å²) in [6.45, 7) is 4.69. The Labute approximate surface area is 385 Å². The van der Waals surface area contributed by atoms with Crippen LogP contribution in [-0.2, 0) is 0 Å². The molecule has 8 bridgehead atoms. The van der Waals surface area contributed by atoms with Crippen LogP contribution in [0.4, 0.5) is 50.9 Å². The zero-order valence-electron chi connectivity index (χ0n) is 38.3. The second kappa shape index (κ2) is 16.2. The van der Waals surface area contributed by atoms with Crippen LogP contribution in [0.25, 0.3) is 90.9 Å². The summed E-state index contributed by atoms with van der Waals surface area (Å²) in [4.78, 5) is 16.4. The third kappa shape index (κ3) is 7.22. The minimum atomic E-state index is -2.33. The number of nitrogens with one attached hydrogen (secondary N) is 2. The minimum Gasteiger partial charge on any atom is -0.354 e. The van der Waals surface area contributed by atoms with E-state index >= 15 is 35.1 Å². The van der Waals surface area contributed by atoms with Gasteiger partial charge in [0, 0.05) is 61.0 Å². The molecule has 9 rings (SSSR count). The Kier molecular flexibility index (Phi) is 11.0. The summed E-state index contributed by atoms with van der Waals surface area (Å²) in [5.41, 5.74) is 1.93. The highest BCUT2D eigenvalue weighted by Crippen LogP contribution is 2.46. The monoisotopic (exact) mass is 934 g/mol. The van der Waals surface area contributed by atoms with E-state index in [1.807, 2.05) is 92.5 Å². The molecule has 346 valence electrons. The van der Waals surface area contributed by atoms with Gasteiger partial charge in [-0.15, -0.1) is 0 Å². The summed E-state index contributed by atoms with van der Waals surface area (Å²) in [6, 6.07) is 17.2. The van der Waals surface area contributed by atoms with Gasteiger partial charge in [-0.1, -0.05) is 24.3 Å². The van der Waals surface area contributed by atoms with Crippen LogP contribution in [0.15, 0.2) is 60.7 Å². The highest BCUT2D eigenvalue weighted by molar-refractivity contribution is 6.03. The number of aromatic nitrogens is 4. The van der Waals surface area contributed by atoms with E-state index in [0.29, 0.717) is 22.3 Å². The van der Waals surface area contributed by atoms with E-state index in [0.717, 1.165) is 29.4 Å². The second-order valence-corrected chi connectivity index (χ2v) is 18.7. The highest BCUT2D eigenvalue weighted by atomic mass is 19.2. The molecular weight excluding hydrogens is 892 g/mol. The van der Waals surface area contributed by atoms with Crippen molar-refractivity contribution in [3.63, 3.8) is 0 Å². The Morgan fingerprint density at radius 3 is 0.971 bits per heavy atom. The molecule has 0 aliphatic carbocycles. The number of halogens is 9. The van der Waals surface area contributed by atoms with Crippen LogP contribution >= 0.6 is 0 Å². The van der Waals surface area contributed by atoms with Crippen molar-refractivity contribution < 1.29 is 39.5 Å². The van der Waals surface area contributed by atoms with Gasteiger partial charge in [0.2, 0.25) is 5.82 Å². The Balaban J connectivity index is 1.59. The molecule has 0 saturated carbocycles. The molecule has 0 unspecified atom stereocenters. The van der Waals surface area contributed by atoms with Crippen molar-refractivity contribution in [2.24, 2.45) is 0 Å². The zero-order chi connectivity index (χ0) is 49.0. The Bertz CT molecular complexity index is 3280. The molecule has 2 N–H and O–H groups in total. The van der Waals surface area contributed by atoms with E-state index in [4.69, 9.17) is 9.97 Å². The molecule has 0 fully saturated rings. The molecular formula is C53H43F9N6+2. The van der Waals surface area contributed by atoms with E-state index in [1.54, 1.807) is 18.2 Å². The lowest BCUT2D eigenvalue weighted by atomic mass is 9.95. The molecule has 2 aliphatic rings. The number of aryl methyl sites for hydroxylation is 2. The second-order valence-electron chi connectivity index (χ2n) is 18.7. The van der Waals surface area contributed by atoms with Crippen LogP contribution in [0.2, 0.25) is 0 Å². The molecule has 15 heteroatoms. The summed E-state index contributed by atoms with van der Waals surface area (Å²) >= 11 is 0. The first kappa shape index (κ1) is 45.9. The van der Waals surface area contributed by atoms with E-state index in [2.05, 4.69) is 9.97 Å². The molecule has 0 atom stereocenters. The highest BCUT2D eigenvalue weighted by Gasteiger charge is 2.33. The Morgan fingerprint density at radius 1 is 0.338 bits per heavy atom. The molecule has 5 heterocycles. The summed E-state index contributed by atoms with van der Waals surface area (Å²) in [6.07, 6.45) is 5.97. The molecule has 2 aliphatic heterocycles. The van der Waals surface area contributed by atoms with Crippen molar-refractivity contribution in [1.82, 2.24) is 28.9 Å². The standard InChI is InChI=1S/C53H43F9N6/c1-24-12-10-14-35(67(4,5)6)37(24)39-27-16-20-31(63-27)41(43-45(54)26(3)46(55)50(59)47(43)56)32-21-17-28(64-32)40(38-25(2)13-11-15-36(38)68(7,8)9)30-19-23-34(66-30)42(33-22-18-29(39)65-33)44-48(57)51(60)53(62)52(61)49(44)58/h10-23,63,66H,1-9H3/q+2. The maximum atomic E-state index is 16.6. The lowest BCUT2D eigenvalue weighted by molar-refractivity contribution is 0.381. The van der Waals surface area contributed by atoms with Gasteiger partial charge >= 0.3 is 0 Å². The summed E-state index contributed by atoms with van der Waals surface area (Å²) < 4.78 is 142. The van der Waals surface area contributed by atoms with Crippen LogP contribution in [0.3, 0.4) is 0 Å². The van der Waals surface area contributed by atoms with Crippen molar-refractivity contribution in [3.05, 3.63) is 152 Å². The molecule has 0 amide bonds. The quantitative estimate of drug-likeness (QED) is 0.0755. The molecule has 6 nitrogen and oxygen atoms in total. The van der Waals surface area contributed by atoms with Gasteiger partial charge in [-0.05, 0) is 92.6 Å². The summed E-state index contributed by atoms with van der Waals surface area (Å²) in [7, 11) is 11.5. The smallest absolute Gasteiger partial charge is 0.200 e. The van der Waals surface area contributed by atoms with Crippen molar-refractivity contribution in [2.75, 3.05) is 42.3 Å². The maximum Gasteiger partial charge on any atom is 0.200 e. The van der Waals surface area contributed by atoms with Crippen LogP contribution in [-0.4, -0.2) is 62.2 Å². The first-order valence-electron chi connectivity index (χ1n) is 21.4. The topological polar surface area (TPSA) is 57.4 Å². The van der Waals surface area contributed by atoms with E-state index in [9.17, 15) is 4.39 Å². The van der Waals surface area contributed by atoms with Gasteiger partial charge in [-0.2, -0.15) is 0 Å². The molecule has 0 spiro atoms. The molecule has 0 saturated heterocycles. The number of aromatic amines is 2. The van der Waals surface area contributed by atoms with Crippen molar-refractivity contribution in [1.29, 1.82) is 0 Å². The normalized spacial score (nSPS) is 12.7. The molecule has 0 radical (unpaired) electrons. The van der Waals surface area contributed by atoms with Crippen LogP contribution in [0.1, 0.15) is 39.5 Å². The number of hydrogen-bond donors (Lipinski definition) is 2. The predicted molar refractivity (Wildman–Crippen MR) is 254 cm³/mol. The first-order valence-corrected chi connectivity index (χ1v) is 21.4. The fraction of sp³-hybridized carbons (Fsp3) is 0.170. The number of hydrogen-bond acceptors (Lipinski definition) is 2. The van der Waals surface area contributed by atoms with Crippen molar-refractivity contribution >= 4 is 57.7 Å². The Hall–Kier alpha value is -7.23. The number of fused-ring (bicyclic) bond motifs is 8. The van der Waals surface area contributed by atoms with Crippen molar-refractivity contribution in [2.45, 2.75) is 20.8 Å². The number of quaternary nitrogens is 2. The van der Waals surface area contributed by atoms with E-state index in [1.165, 1.54) is 30.4 Å². The maximum absolute atomic E-state index is 16.6. The summed E-state index contributed by atoms with van der Waals surface area (Å²) in [5.74, 6) is -17.5. The van der Waals surface area contributed by atoms with Gasteiger partial charge in [-0.3, -0.25) is 8.97 Å². The van der Waals surface area contributed by atoms with Gasteiger partial charge < -0.3 is 9.97 Å². The van der Waals surface area contributed by atoms with Gasteiger partial charge in [0.05, 0.1) is 76.2 Å². The van der Waals surface area contributed by atoms with Gasteiger partial charge in [0.15, 0.2) is 40.7 Å². The lowest BCUT2D eigenvalue weighted by Gasteiger charge is -2.27. The Morgan fingerprint density at radius 2 is 0.632 bits per heavy atom. The predicted octanol–water partition coefficient (Wildman–Crippen LogP) is 13.9. The van der Waals surface area contributed by atoms with Crippen molar-refractivity contribution in [3.8, 4) is 44.5 Å². The van der Waals surface area contributed by atoms with E-state index in [-0.39, 0.29) is 59.4 Å². The largest absolute Gasteiger partial charge is 0.354 e. The van der Waals surface area contributed by atoms with Gasteiger partial charge in [0.25, 0.3) is 0 Å². The fourth-order valence-corrected chi connectivity index (χ4v) is 9.13.